The zero-order chi connectivity index (χ0) is 25.3. The summed E-state index contributed by atoms with van der Waals surface area (Å²) >= 11 is 0. The molecule has 0 fully saturated rings. The highest BCUT2D eigenvalue weighted by Crippen LogP contribution is 2.43. The van der Waals surface area contributed by atoms with E-state index in [1.54, 1.807) is 56.5 Å². The molecule has 3 aromatic rings. The van der Waals surface area contributed by atoms with Crippen LogP contribution in [-0.2, 0) is 44.2 Å². The molecule has 1 atom stereocenters. The SMILES string of the molecule is CCc1c2c(nc3ccc(O)cc13)-c1cc3c(c(=O)n1C2)COC(=O)C3(CC)OC(=O)C(C)(C)C. The number of cyclic esters (lactones) is 1. The quantitative estimate of drug-likeness (QED) is 0.446. The molecule has 0 saturated heterocycles. The number of esters is 2. The molecule has 0 amide bonds. The van der Waals surface area contributed by atoms with Crippen LogP contribution in [0.2, 0.25) is 0 Å². The van der Waals surface area contributed by atoms with Crippen molar-refractivity contribution in [1.82, 2.24) is 9.55 Å². The molecule has 1 aromatic carbocycles. The monoisotopic (exact) mass is 476 g/mol. The van der Waals surface area contributed by atoms with Crippen molar-refractivity contribution in [1.29, 1.82) is 0 Å². The molecule has 8 nitrogen and oxygen atoms in total. The largest absolute Gasteiger partial charge is 0.508 e. The number of carbonyl (C=O) groups excluding carboxylic acids is 2. The second-order valence-electron chi connectivity index (χ2n) is 10.2. The molecule has 1 N–H and O–H groups in total. The maximum Gasteiger partial charge on any atom is 0.355 e. The van der Waals surface area contributed by atoms with Gasteiger partial charge in [-0.1, -0.05) is 13.8 Å². The van der Waals surface area contributed by atoms with Crippen LogP contribution in [-0.4, -0.2) is 26.6 Å². The van der Waals surface area contributed by atoms with E-state index in [0.29, 0.717) is 41.0 Å². The molecule has 0 spiro atoms. The number of fused-ring (bicyclic) bond motifs is 5. The summed E-state index contributed by atoms with van der Waals surface area (Å²) in [6, 6.07) is 6.79. The summed E-state index contributed by atoms with van der Waals surface area (Å²) in [5, 5.41) is 10.9. The Morgan fingerprint density at radius 3 is 2.60 bits per heavy atom. The highest BCUT2D eigenvalue weighted by atomic mass is 16.6. The maximum atomic E-state index is 13.7. The zero-order valence-electron chi connectivity index (χ0n) is 20.5. The normalized spacial score (nSPS) is 18.6. The van der Waals surface area contributed by atoms with E-state index in [0.717, 1.165) is 16.5 Å². The third kappa shape index (κ3) is 3.26. The second-order valence-corrected chi connectivity index (χ2v) is 10.2. The summed E-state index contributed by atoms with van der Waals surface area (Å²) in [5.74, 6) is -1.08. The van der Waals surface area contributed by atoms with Crippen molar-refractivity contribution in [3.63, 3.8) is 0 Å². The van der Waals surface area contributed by atoms with Gasteiger partial charge in [0.15, 0.2) is 0 Å². The number of rotatable bonds is 3. The minimum absolute atomic E-state index is 0.126. The van der Waals surface area contributed by atoms with Gasteiger partial charge in [0.25, 0.3) is 5.56 Å². The lowest BCUT2D eigenvalue weighted by Gasteiger charge is -2.37. The Kier molecular flexibility index (Phi) is 5.05. The Hall–Kier alpha value is -3.68. The molecule has 2 aromatic heterocycles. The highest BCUT2D eigenvalue weighted by Gasteiger charge is 2.51. The molecular formula is C27H28N2O6. The predicted octanol–water partition coefficient (Wildman–Crippen LogP) is 3.94. The number of pyridine rings is 2. The Bertz CT molecular complexity index is 1480. The van der Waals surface area contributed by atoms with Crippen molar-refractivity contribution in [2.24, 2.45) is 5.41 Å². The van der Waals surface area contributed by atoms with Gasteiger partial charge in [-0.2, -0.15) is 0 Å². The second kappa shape index (κ2) is 7.66. The third-order valence-corrected chi connectivity index (χ3v) is 6.99. The van der Waals surface area contributed by atoms with Crippen LogP contribution in [0.15, 0.2) is 29.1 Å². The average Bonchev–Trinajstić information content (AvgIpc) is 3.17. The van der Waals surface area contributed by atoms with Crippen molar-refractivity contribution < 1.29 is 24.2 Å². The predicted molar refractivity (Wildman–Crippen MR) is 129 cm³/mol. The van der Waals surface area contributed by atoms with E-state index < -0.39 is 23.0 Å². The van der Waals surface area contributed by atoms with E-state index in [1.807, 2.05) is 6.92 Å². The third-order valence-electron chi connectivity index (χ3n) is 6.99. The molecule has 0 aliphatic carbocycles. The number of ether oxygens (including phenoxy) is 2. The number of aryl methyl sites for hydroxylation is 1. The van der Waals surface area contributed by atoms with Crippen LogP contribution in [0.1, 0.15) is 63.3 Å². The fraction of sp³-hybridized carbons (Fsp3) is 0.407. The summed E-state index contributed by atoms with van der Waals surface area (Å²) < 4.78 is 12.9. The van der Waals surface area contributed by atoms with Crippen LogP contribution in [0, 0.1) is 5.41 Å². The summed E-state index contributed by atoms with van der Waals surface area (Å²) in [6.07, 6.45) is 0.817. The van der Waals surface area contributed by atoms with E-state index in [-0.39, 0.29) is 24.3 Å². The Morgan fingerprint density at radius 2 is 1.94 bits per heavy atom. The molecule has 0 radical (unpaired) electrons. The minimum Gasteiger partial charge on any atom is -0.508 e. The van der Waals surface area contributed by atoms with E-state index in [1.165, 1.54) is 0 Å². The van der Waals surface area contributed by atoms with Gasteiger partial charge in [-0.05, 0) is 63.4 Å². The van der Waals surface area contributed by atoms with Gasteiger partial charge in [-0.15, -0.1) is 0 Å². The number of carbonyl (C=O) groups is 2. The number of aromatic hydroxyl groups is 1. The average molecular weight is 477 g/mol. The van der Waals surface area contributed by atoms with Gasteiger partial charge >= 0.3 is 11.9 Å². The molecule has 35 heavy (non-hydrogen) atoms. The summed E-state index contributed by atoms with van der Waals surface area (Å²) in [7, 11) is 0. The number of phenolic OH excluding ortho intramolecular Hbond substituents is 1. The van der Waals surface area contributed by atoms with Crippen LogP contribution < -0.4 is 5.56 Å². The Balaban J connectivity index is 1.77. The van der Waals surface area contributed by atoms with Gasteiger partial charge in [0.2, 0.25) is 5.60 Å². The van der Waals surface area contributed by atoms with E-state index in [9.17, 15) is 19.5 Å². The van der Waals surface area contributed by atoms with Gasteiger partial charge in [-0.3, -0.25) is 9.59 Å². The topological polar surface area (TPSA) is 108 Å². The first kappa shape index (κ1) is 23.1. The van der Waals surface area contributed by atoms with E-state index in [4.69, 9.17) is 14.5 Å². The smallest absolute Gasteiger partial charge is 0.355 e. The van der Waals surface area contributed by atoms with Gasteiger partial charge in [-0.25, -0.2) is 9.78 Å². The molecule has 0 bridgehead atoms. The minimum atomic E-state index is -1.70. The van der Waals surface area contributed by atoms with Gasteiger partial charge in [0.05, 0.1) is 34.4 Å². The van der Waals surface area contributed by atoms with Gasteiger partial charge in [0.1, 0.15) is 12.4 Å². The van der Waals surface area contributed by atoms with E-state index in [2.05, 4.69) is 0 Å². The standard InChI is InChI=1S/C27H28N2O6/c1-6-15-16-10-14(30)8-9-20(16)28-22-17(15)12-29-21(22)11-19-18(23(29)31)13-34-25(33)27(19,7-2)35-24(32)26(3,4)5/h8-11,30H,6-7,12-13H2,1-5H3. The molecule has 2 aliphatic rings. The van der Waals surface area contributed by atoms with Crippen molar-refractivity contribution in [3.8, 4) is 17.1 Å². The Morgan fingerprint density at radius 1 is 1.20 bits per heavy atom. The lowest BCUT2D eigenvalue weighted by atomic mass is 9.84. The van der Waals surface area contributed by atoms with Crippen LogP contribution in [0.3, 0.4) is 0 Å². The Labute approximate surface area is 202 Å². The van der Waals surface area contributed by atoms with Crippen LogP contribution in [0.5, 0.6) is 5.75 Å². The number of phenols is 1. The van der Waals surface area contributed by atoms with Crippen LogP contribution in [0.25, 0.3) is 22.3 Å². The molecule has 5 rings (SSSR count). The zero-order valence-corrected chi connectivity index (χ0v) is 20.5. The van der Waals surface area contributed by atoms with Gasteiger partial charge < -0.3 is 19.1 Å². The molecule has 4 heterocycles. The van der Waals surface area contributed by atoms with Crippen LogP contribution in [0.4, 0.5) is 0 Å². The number of nitrogens with zero attached hydrogens (tertiary/aromatic N) is 2. The number of benzene rings is 1. The first-order valence-electron chi connectivity index (χ1n) is 11.8. The fourth-order valence-corrected chi connectivity index (χ4v) is 5.02. The maximum absolute atomic E-state index is 13.7. The van der Waals surface area contributed by atoms with Crippen molar-refractivity contribution >= 4 is 22.8 Å². The molecule has 1 unspecified atom stereocenters. The molecule has 8 heteroatoms. The lowest BCUT2D eigenvalue weighted by molar-refractivity contribution is -0.194. The number of hydrogen-bond acceptors (Lipinski definition) is 7. The lowest BCUT2D eigenvalue weighted by Crippen LogP contribution is -2.48. The first-order valence-corrected chi connectivity index (χ1v) is 11.8. The van der Waals surface area contributed by atoms with Crippen molar-refractivity contribution in [3.05, 3.63) is 56.9 Å². The van der Waals surface area contributed by atoms with Crippen molar-refractivity contribution in [2.45, 2.75) is 66.2 Å². The van der Waals surface area contributed by atoms with Gasteiger partial charge in [0, 0.05) is 16.5 Å². The first-order chi connectivity index (χ1) is 16.5. The molecule has 2 aliphatic heterocycles. The molecular weight excluding hydrogens is 448 g/mol. The summed E-state index contributed by atoms with van der Waals surface area (Å²) in [4.78, 5) is 44.5. The molecule has 0 saturated carbocycles. The number of aromatic nitrogens is 2. The summed E-state index contributed by atoms with van der Waals surface area (Å²) in [6.45, 7) is 9.03. The van der Waals surface area contributed by atoms with E-state index >= 15 is 0 Å². The van der Waals surface area contributed by atoms with Crippen LogP contribution >= 0.6 is 0 Å². The number of hydrogen-bond donors (Lipinski definition) is 1. The fourth-order valence-electron chi connectivity index (χ4n) is 5.02. The molecule has 182 valence electrons. The summed E-state index contributed by atoms with van der Waals surface area (Å²) in [5.41, 5.74) is 1.69. The van der Waals surface area contributed by atoms with Crippen molar-refractivity contribution in [2.75, 3.05) is 0 Å². The highest BCUT2D eigenvalue weighted by molar-refractivity contribution is 5.91.